The first-order valence-electron chi connectivity index (χ1n) is 9.08. The summed E-state index contributed by atoms with van der Waals surface area (Å²) in [5, 5.41) is 12.2. The van der Waals surface area contributed by atoms with Gasteiger partial charge in [-0.05, 0) is 48.4 Å². The Morgan fingerprint density at radius 3 is 2.29 bits per heavy atom. The van der Waals surface area contributed by atoms with Crippen LogP contribution in [0.15, 0.2) is 36.4 Å². The fraction of sp³-hybridized carbons (Fsp3) is 0.333. The number of benzene rings is 2. The lowest BCUT2D eigenvalue weighted by molar-refractivity contribution is -0.136. The number of carboxylic acids is 1. The molecule has 28 heavy (non-hydrogen) atoms. The Bertz CT molecular complexity index is 814. The van der Waals surface area contributed by atoms with Crippen LogP contribution in [0.2, 0.25) is 10.0 Å². The molecular weight excluding hydrogens is 401 g/mol. The summed E-state index contributed by atoms with van der Waals surface area (Å²) in [6.07, 6.45) is 2.77. The number of unbranched alkanes of at least 4 members (excludes halogenated alkanes) is 1. The number of carbonyl (C=O) groups is 2. The molecule has 0 saturated heterocycles. The van der Waals surface area contributed by atoms with Gasteiger partial charge in [-0.2, -0.15) is 0 Å². The molecule has 0 radical (unpaired) electrons. The van der Waals surface area contributed by atoms with E-state index in [0.717, 1.165) is 19.3 Å². The van der Waals surface area contributed by atoms with Gasteiger partial charge in [0.1, 0.15) is 5.75 Å². The van der Waals surface area contributed by atoms with Gasteiger partial charge in [-0.1, -0.05) is 49.9 Å². The van der Waals surface area contributed by atoms with E-state index in [4.69, 9.17) is 33.0 Å². The zero-order valence-electron chi connectivity index (χ0n) is 15.8. The van der Waals surface area contributed by atoms with Crippen LogP contribution in [0, 0.1) is 5.92 Å². The van der Waals surface area contributed by atoms with E-state index in [1.807, 2.05) is 6.92 Å². The summed E-state index contributed by atoms with van der Waals surface area (Å²) in [7, 11) is 0. The average molecular weight is 424 g/mol. The maximum atomic E-state index is 12.2. The number of aliphatic carboxylic acids is 1. The second-order valence-corrected chi connectivity index (χ2v) is 7.43. The van der Waals surface area contributed by atoms with E-state index in [9.17, 15) is 9.59 Å². The van der Waals surface area contributed by atoms with Gasteiger partial charge in [0.15, 0.2) is 5.75 Å². The van der Waals surface area contributed by atoms with Crippen LogP contribution in [0.25, 0.3) is 0 Å². The summed E-state index contributed by atoms with van der Waals surface area (Å²) in [5.41, 5.74) is 1.17. The van der Waals surface area contributed by atoms with Gasteiger partial charge in [0.2, 0.25) is 5.91 Å². The van der Waals surface area contributed by atoms with E-state index in [2.05, 4.69) is 12.2 Å². The summed E-state index contributed by atoms with van der Waals surface area (Å²) in [6, 6.07) is 9.90. The van der Waals surface area contributed by atoms with Gasteiger partial charge >= 0.3 is 5.97 Å². The SMILES string of the molecule is CCCCC(C)C(=O)Nc1ccc(Oc2c(Cl)cc(CC(=O)O)cc2Cl)cc1. The molecule has 5 nitrogen and oxygen atoms in total. The predicted molar refractivity (Wildman–Crippen MR) is 112 cm³/mol. The molecule has 0 aliphatic rings. The monoisotopic (exact) mass is 423 g/mol. The molecule has 2 rings (SSSR count). The number of amides is 1. The van der Waals surface area contributed by atoms with Gasteiger partial charge < -0.3 is 15.2 Å². The van der Waals surface area contributed by atoms with Crippen LogP contribution in [-0.4, -0.2) is 17.0 Å². The third-order valence-electron chi connectivity index (χ3n) is 4.19. The topological polar surface area (TPSA) is 75.6 Å². The van der Waals surface area contributed by atoms with E-state index in [-0.39, 0.29) is 34.0 Å². The Hall–Kier alpha value is -2.24. The molecule has 0 aromatic heterocycles. The lowest BCUT2D eigenvalue weighted by Crippen LogP contribution is -2.20. The highest BCUT2D eigenvalue weighted by Gasteiger charge is 2.14. The van der Waals surface area contributed by atoms with Gasteiger partial charge in [-0.15, -0.1) is 0 Å². The van der Waals surface area contributed by atoms with Gasteiger partial charge in [0, 0.05) is 11.6 Å². The second-order valence-electron chi connectivity index (χ2n) is 6.62. The molecule has 2 N–H and O–H groups in total. The highest BCUT2D eigenvalue weighted by molar-refractivity contribution is 6.37. The van der Waals surface area contributed by atoms with Crippen molar-refractivity contribution in [3.63, 3.8) is 0 Å². The van der Waals surface area contributed by atoms with E-state index in [1.54, 1.807) is 24.3 Å². The molecule has 2 aromatic carbocycles. The summed E-state index contributed by atoms with van der Waals surface area (Å²) in [6.45, 7) is 4.02. The second kappa shape index (κ2) is 10.3. The van der Waals surface area contributed by atoms with Crippen molar-refractivity contribution in [1.29, 1.82) is 0 Å². The summed E-state index contributed by atoms with van der Waals surface area (Å²) < 4.78 is 5.74. The third-order valence-corrected chi connectivity index (χ3v) is 4.75. The average Bonchev–Trinajstić information content (AvgIpc) is 2.63. The minimum atomic E-state index is -0.970. The number of halogens is 2. The first-order chi connectivity index (χ1) is 13.3. The number of carbonyl (C=O) groups excluding carboxylic acids is 1. The normalized spacial score (nSPS) is 11.7. The molecule has 7 heteroatoms. The molecule has 0 saturated carbocycles. The smallest absolute Gasteiger partial charge is 0.307 e. The Morgan fingerprint density at radius 1 is 1.14 bits per heavy atom. The van der Waals surface area contributed by atoms with Gasteiger partial charge in [0.25, 0.3) is 0 Å². The van der Waals surface area contributed by atoms with E-state index in [1.165, 1.54) is 12.1 Å². The summed E-state index contributed by atoms with van der Waals surface area (Å²) in [5.74, 6) is -0.281. The molecule has 0 aliphatic heterocycles. The Balaban J connectivity index is 2.04. The van der Waals surface area contributed by atoms with Crippen LogP contribution in [0.3, 0.4) is 0 Å². The van der Waals surface area contributed by atoms with Crippen molar-refractivity contribution < 1.29 is 19.4 Å². The van der Waals surface area contributed by atoms with Crippen LogP contribution in [0.5, 0.6) is 11.5 Å². The quantitative estimate of drug-likeness (QED) is 0.504. The molecule has 0 bridgehead atoms. The lowest BCUT2D eigenvalue weighted by Gasteiger charge is -2.13. The molecule has 150 valence electrons. The molecule has 0 aliphatic carbocycles. The predicted octanol–water partition coefficient (Wildman–Crippen LogP) is 6.18. The minimum absolute atomic E-state index is 0.0118. The van der Waals surface area contributed by atoms with Crippen LogP contribution >= 0.6 is 23.2 Å². The molecule has 0 heterocycles. The largest absolute Gasteiger partial charge is 0.481 e. The van der Waals surface area contributed by atoms with Crippen molar-refractivity contribution in [2.24, 2.45) is 5.92 Å². The molecule has 0 fully saturated rings. The fourth-order valence-corrected chi connectivity index (χ4v) is 3.23. The highest BCUT2D eigenvalue weighted by Crippen LogP contribution is 2.37. The van der Waals surface area contributed by atoms with Crippen LogP contribution < -0.4 is 10.1 Å². The zero-order chi connectivity index (χ0) is 20.7. The number of hydrogen-bond acceptors (Lipinski definition) is 3. The molecule has 2 aromatic rings. The maximum Gasteiger partial charge on any atom is 0.307 e. The van der Waals surface area contributed by atoms with Crippen molar-refractivity contribution in [2.45, 2.75) is 39.5 Å². The zero-order valence-corrected chi connectivity index (χ0v) is 17.3. The number of anilines is 1. The van der Waals surface area contributed by atoms with Crippen molar-refractivity contribution in [1.82, 2.24) is 0 Å². The summed E-state index contributed by atoms with van der Waals surface area (Å²) in [4.78, 5) is 23.0. The van der Waals surface area contributed by atoms with Gasteiger partial charge in [-0.3, -0.25) is 9.59 Å². The number of ether oxygens (including phenoxy) is 1. The first-order valence-corrected chi connectivity index (χ1v) is 9.84. The molecule has 0 spiro atoms. The van der Waals surface area contributed by atoms with E-state index >= 15 is 0 Å². The van der Waals surface area contributed by atoms with Crippen molar-refractivity contribution in [3.05, 3.63) is 52.0 Å². The standard InChI is InChI=1S/C21H23Cl2NO4/c1-3-4-5-13(2)21(27)24-15-6-8-16(9-7-15)28-20-17(22)10-14(11-18(20)23)12-19(25)26/h6-11,13H,3-5,12H2,1-2H3,(H,24,27)(H,25,26). The van der Waals surface area contributed by atoms with Crippen LogP contribution in [0.1, 0.15) is 38.7 Å². The number of nitrogens with one attached hydrogen (secondary N) is 1. The van der Waals surface area contributed by atoms with E-state index < -0.39 is 5.97 Å². The Labute approximate surface area is 174 Å². The Morgan fingerprint density at radius 2 is 1.75 bits per heavy atom. The van der Waals surface area contributed by atoms with Crippen LogP contribution in [0.4, 0.5) is 5.69 Å². The van der Waals surface area contributed by atoms with Gasteiger partial charge in [0.05, 0.1) is 16.5 Å². The van der Waals surface area contributed by atoms with Crippen molar-refractivity contribution in [3.8, 4) is 11.5 Å². The number of carboxylic acid groups (broad SMARTS) is 1. The maximum absolute atomic E-state index is 12.2. The molecular formula is C21H23Cl2NO4. The Kier molecular flexibility index (Phi) is 8.15. The van der Waals surface area contributed by atoms with Crippen molar-refractivity contribution in [2.75, 3.05) is 5.32 Å². The van der Waals surface area contributed by atoms with E-state index in [0.29, 0.717) is 17.0 Å². The molecule has 1 amide bonds. The number of hydrogen-bond donors (Lipinski definition) is 2. The minimum Gasteiger partial charge on any atom is -0.481 e. The summed E-state index contributed by atoms with van der Waals surface area (Å²) >= 11 is 12.4. The fourth-order valence-electron chi connectivity index (χ4n) is 2.62. The van der Waals surface area contributed by atoms with Crippen LogP contribution in [-0.2, 0) is 16.0 Å². The highest BCUT2D eigenvalue weighted by atomic mass is 35.5. The third kappa shape index (κ3) is 6.43. The first kappa shape index (κ1) is 22.1. The molecule has 1 unspecified atom stereocenters. The number of rotatable bonds is 9. The lowest BCUT2D eigenvalue weighted by atomic mass is 10.0. The van der Waals surface area contributed by atoms with Gasteiger partial charge in [-0.25, -0.2) is 0 Å². The molecule has 1 atom stereocenters. The van der Waals surface area contributed by atoms with Crippen molar-refractivity contribution >= 4 is 40.8 Å².